The number of hydrogen-bond donors (Lipinski definition) is 1. The highest BCUT2D eigenvalue weighted by atomic mass is 35.5. The average Bonchev–Trinajstić information content (AvgIpc) is 2.65. The van der Waals surface area contributed by atoms with Crippen LogP contribution >= 0.6 is 11.6 Å². The van der Waals surface area contributed by atoms with Gasteiger partial charge in [-0.3, -0.25) is 28.1 Å². The fourth-order valence-electron chi connectivity index (χ4n) is 3.21. The van der Waals surface area contributed by atoms with Crippen molar-refractivity contribution in [3.63, 3.8) is 0 Å². The van der Waals surface area contributed by atoms with Gasteiger partial charge in [-0.2, -0.15) is 0 Å². The van der Waals surface area contributed by atoms with E-state index in [-0.39, 0.29) is 29.7 Å². The van der Waals surface area contributed by atoms with Crippen LogP contribution in [0.1, 0.15) is 24.2 Å². The maximum Gasteiger partial charge on any atom is 0.332 e. The molecule has 0 radical (unpaired) electrons. The number of amides is 1. The van der Waals surface area contributed by atoms with E-state index in [0.29, 0.717) is 10.7 Å². The number of fused-ring (bicyclic) bond motifs is 1. The molecule has 0 aliphatic heterocycles. The Hall–Kier alpha value is -3.13. The van der Waals surface area contributed by atoms with Crippen molar-refractivity contribution in [1.29, 1.82) is 0 Å². The van der Waals surface area contributed by atoms with Gasteiger partial charge in [-0.15, -0.1) is 0 Å². The first-order chi connectivity index (χ1) is 13.3. The molecular weight excluding hydrogens is 384 g/mol. The van der Waals surface area contributed by atoms with Gasteiger partial charge in [0.15, 0.2) is 0 Å². The first-order valence-corrected chi connectivity index (χ1v) is 9.12. The molecule has 8 nitrogen and oxygen atoms in total. The summed E-state index contributed by atoms with van der Waals surface area (Å²) in [5, 5.41) is 3.10. The summed E-state index contributed by atoms with van der Waals surface area (Å²) in [5.74, 6) is -0.633. The molecule has 0 atom stereocenters. The highest BCUT2D eigenvalue weighted by molar-refractivity contribution is 6.31. The Labute approximate surface area is 164 Å². The topological polar surface area (TPSA) is 95.1 Å². The first-order valence-electron chi connectivity index (χ1n) is 8.74. The van der Waals surface area contributed by atoms with Crippen molar-refractivity contribution in [2.24, 2.45) is 7.05 Å². The first kappa shape index (κ1) is 19.6. The number of rotatable bonds is 4. The van der Waals surface area contributed by atoms with E-state index < -0.39 is 22.7 Å². The van der Waals surface area contributed by atoms with Gasteiger partial charge in [0.1, 0.15) is 5.65 Å². The molecule has 2 aromatic heterocycles. The highest BCUT2D eigenvalue weighted by Gasteiger charge is 2.22. The molecule has 3 rings (SSSR count). The van der Waals surface area contributed by atoms with Crippen molar-refractivity contribution in [3.8, 4) is 0 Å². The summed E-state index contributed by atoms with van der Waals surface area (Å²) in [6.07, 6.45) is 0. The van der Waals surface area contributed by atoms with Crippen molar-refractivity contribution in [2.75, 3.05) is 5.32 Å². The SMILES string of the molecule is CCn1c(=O)c2c(C(=O)Nc3cccc(Cl)c3)cc(=O)n(CC)c2n(C)c1=O. The number of nitrogens with one attached hydrogen (secondary N) is 1. The zero-order valence-electron chi connectivity index (χ0n) is 15.7. The minimum atomic E-state index is -0.633. The van der Waals surface area contributed by atoms with Crippen molar-refractivity contribution in [3.05, 3.63) is 72.1 Å². The van der Waals surface area contributed by atoms with Crippen LogP contribution in [0, 0.1) is 0 Å². The zero-order valence-corrected chi connectivity index (χ0v) is 16.4. The Kier molecular flexibility index (Phi) is 5.24. The van der Waals surface area contributed by atoms with Crippen molar-refractivity contribution >= 4 is 34.2 Å². The summed E-state index contributed by atoms with van der Waals surface area (Å²) < 4.78 is 3.55. The molecule has 0 bridgehead atoms. The van der Waals surface area contributed by atoms with Gasteiger partial charge in [-0.05, 0) is 32.0 Å². The van der Waals surface area contributed by atoms with Crippen LogP contribution in [0.15, 0.2) is 44.7 Å². The predicted octanol–water partition coefficient (Wildman–Crippen LogP) is 1.81. The molecule has 1 amide bonds. The predicted molar refractivity (Wildman–Crippen MR) is 108 cm³/mol. The fraction of sp³-hybridized carbons (Fsp3) is 0.263. The molecule has 0 spiro atoms. The third-order valence-corrected chi connectivity index (χ3v) is 4.77. The minimum absolute atomic E-state index is 0.0185. The molecule has 0 unspecified atom stereocenters. The lowest BCUT2D eigenvalue weighted by atomic mass is 10.1. The summed E-state index contributed by atoms with van der Waals surface area (Å²) in [7, 11) is 1.47. The van der Waals surface area contributed by atoms with Gasteiger partial charge < -0.3 is 5.32 Å². The Balaban J connectivity index is 2.36. The lowest BCUT2D eigenvalue weighted by Crippen LogP contribution is -2.42. The highest BCUT2D eigenvalue weighted by Crippen LogP contribution is 2.18. The van der Waals surface area contributed by atoms with E-state index in [4.69, 9.17) is 11.6 Å². The molecule has 9 heteroatoms. The molecule has 0 aliphatic carbocycles. The maximum atomic E-state index is 13.0. The van der Waals surface area contributed by atoms with Crippen LogP contribution in [-0.2, 0) is 20.1 Å². The molecule has 3 aromatic rings. The summed E-state index contributed by atoms with van der Waals surface area (Å²) in [5.41, 5.74) is -1.19. The summed E-state index contributed by atoms with van der Waals surface area (Å²) in [6, 6.07) is 7.63. The molecule has 1 aromatic carbocycles. The number of carbonyl (C=O) groups is 1. The largest absolute Gasteiger partial charge is 0.332 e. The van der Waals surface area contributed by atoms with Crippen LogP contribution < -0.4 is 22.1 Å². The van der Waals surface area contributed by atoms with Crippen LogP contribution in [-0.4, -0.2) is 19.6 Å². The second kappa shape index (κ2) is 7.47. The Morgan fingerprint density at radius 1 is 1.07 bits per heavy atom. The molecule has 146 valence electrons. The lowest BCUT2D eigenvalue weighted by molar-refractivity contribution is 0.102. The zero-order chi connectivity index (χ0) is 20.6. The minimum Gasteiger partial charge on any atom is -0.322 e. The summed E-state index contributed by atoms with van der Waals surface area (Å²) in [4.78, 5) is 51.0. The Morgan fingerprint density at radius 3 is 2.36 bits per heavy atom. The standard InChI is InChI=1S/C19H19ClN4O4/c1-4-23-14(25)10-13(16(26)21-12-8-6-7-11(20)9-12)15-17(23)22(3)19(28)24(5-2)18(15)27/h6-10H,4-5H2,1-3H3,(H,21,26). The number of benzene rings is 1. The normalized spacial score (nSPS) is 11.0. The summed E-state index contributed by atoms with van der Waals surface area (Å²) in [6.45, 7) is 3.77. The molecule has 0 saturated carbocycles. The molecule has 0 saturated heterocycles. The van der Waals surface area contributed by atoms with E-state index in [1.807, 2.05) is 0 Å². The number of aryl methyl sites for hydroxylation is 2. The number of nitrogens with zero attached hydrogens (tertiary/aromatic N) is 3. The van der Waals surface area contributed by atoms with E-state index in [1.54, 1.807) is 38.1 Å². The van der Waals surface area contributed by atoms with Gasteiger partial charge in [-0.25, -0.2) is 4.79 Å². The smallest absolute Gasteiger partial charge is 0.322 e. The van der Waals surface area contributed by atoms with Gasteiger partial charge in [0.2, 0.25) is 0 Å². The van der Waals surface area contributed by atoms with E-state index in [1.165, 1.54) is 16.2 Å². The van der Waals surface area contributed by atoms with Crippen molar-refractivity contribution < 1.29 is 4.79 Å². The average molecular weight is 403 g/mol. The van der Waals surface area contributed by atoms with Crippen LogP contribution in [0.4, 0.5) is 5.69 Å². The maximum absolute atomic E-state index is 13.0. The molecule has 0 aliphatic rings. The van der Waals surface area contributed by atoms with Crippen molar-refractivity contribution in [2.45, 2.75) is 26.9 Å². The molecule has 2 heterocycles. The molecule has 0 fully saturated rings. The molecular formula is C19H19ClN4O4. The fourth-order valence-corrected chi connectivity index (χ4v) is 3.40. The number of aromatic nitrogens is 3. The third-order valence-electron chi connectivity index (χ3n) is 4.54. The van der Waals surface area contributed by atoms with Crippen LogP contribution in [0.25, 0.3) is 11.0 Å². The second-order valence-corrected chi connectivity index (χ2v) is 6.63. The van der Waals surface area contributed by atoms with E-state index >= 15 is 0 Å². The van der Waals surface area contributed by atoms with E-state index in [2.05, 4.69) is 5.32 Å². The van der Waals surface area contributed by atoms with Gasteiger partial charge in [0.05, 0.1) is 10.9 Å². The number of halogens is 1. The monoisotopic (exact) mass is 402 g/mol. The van der Waals surface area contributed by atoms with Gasteiger partial charge in [0, 0.05) is 36.9 Å². The van der Waals surface area contributed by atoms with E-state index in [9.17, 15) is 19.2 Å². The molecule has 28 heavy (non-hydrogen) atoms. The Morgan fingerprint density at radius 2 is 1.75 bits per heavy atom. The van der Waals surface area contributed by atoms with E-state index in [0.717, 1.165) is 10.6 Å². The number of pyridine rings is 1. The van der Waals surface area contributed by atoms with Gasteiger partial charge in [-0.1, -0.05) is 17.7 Å². The number of carbonyl (C=O) groups excluding carboxylic acids is 1. The molecule has 1 N–H and O–H groups in total. The summed E-state index contributed by atoms with van der Waals surface area (Å²) >= 11 is 5.94. The number of anilines is 1. The Bertz CT molecular complexity index is 1270. The van der Waals surface area contributed by atoms with Crippen LogP contribution in [0.5, 0.6) is 0 Å². The quantitative estimate of drug-likeness (QED) is 0.719. The van der Waals surface area contributed by atoms with Crippen molar-refractivity contribution in [1.82, 2.24) is 13.7 Å². The van der Waals surface area contributed by atoms with Gasteiger partial charge in [0.25, 0.3) is 17.0 Å². The number of hydrogen-bond acceptors (Lipinski definition) is 4. The third kappa shape index (κ3) is 3.16. The van der Waals surface area contributed by atoms with Crippen LogP contribution in [0.2, 0.25) is 5.02 Å². The second-order valence-electron chi connectivity index (χ2n) is 6.19. The lowest BCUT2D eigenvalue weighted by Gasteiger charge is -2.16. The van der Waals surface area contributed by atoms with Crippen LogP contribution in [0.3, 0.4) is 0 Å². The van der Waals surface area contributed by atoms with Gasteiger partial charge >= 0.3 is 5.69 Å².